The van der Waals surface area contributed by atoms with Gasteiger partial charge in [0.25, 0.3) is 30.4 Å². The molecular weight excluding hydrogens is 1200 g/mol. The molecule has 0 radical (unpaired) electrons. The van der Waals surface area contributed by atoms with Crippen LogP contribution in [0.15, 0.2) is 135 Å². The standard InChI is InChI=1S/C37H33ClN10O22S7/c38-35-42-36(40-18-3-1-4-20(15-18)71(50,51)12-11-70-77(67,68)69)44-37(43-35)41-19-7-10-26(73(55,56)57)24(16-19)46-47-31-27(74(58,59)60)13-17-14-28(75(61,62)63)32(33(49)29(17)30(31)39)48-45-23-9-8-21-22(34(23)76(64,65)66)5-2-6-25(21)72(52,53)54/h1-10,13-16,49,55-57,61-63H,11-12,39H2,(H,52,53,54)(H,58,59,60)(H,64,65,66)(H,67,68,69)(H2,40,41,42,43,44). The van der Waals surface area contributed by atoms with E-state index in [9.17, 15) is 88.2 Å². The Morgan fingerprint density at radius 1 is 0.558 bits per heavy atom. The molecule has 0 spiro atoms. The van der Waals surface area contributed by atoms with E-state index in [1.165, 1.54) is 18.2 Å². The Labute approximate surface area is 440 Å². The Hall–Kier alpha value is -6.45. The van der Waals surface area contributed by atoms with Gasteiger partial charge in [-0.2, -0.15) is 48.6 Å². The molecule has 1 heterocycles. The van der Waals surface area contributed by atoms with Crippen molar-refractivity contribution >= 4 is 157 Å². The van der Waals surface area contributed by atoms with Gasteiger partial charge in [-0.15, -0.1) is 20.5 Å². The van der Waals surface area contributed by atoms with Crippen LogP contribution >= 0.6 is 33.3 Å². The van der Waals surface area contributed by atoms with Gasteiger partial charge >= 0.3 is 10.4 Å². The molecule has 412 valence electrons. The molecular formula is C37H33ClN10O22S7. The number of nitrogens with zero attached hydrogens (tertiary/aromatic N) is 7. The van der Waals surface area contributed by atoms with Gasteiger partial charge in [0, 0.05) is 22.1 Å². The minimum atomic E-state index is -5.49. The van der Waals surface area contributed by atoms with Crippen molar-refractivity contribution in [3.8, 4) is 5.75 Å². The van der Waals surface area contributed by atoms with Crippen LogP contribution in [0.25, 0.3) is 21.5 Å². The summed E-state index contributed by atoms with van der Waals surface area (Å²) < 4.78 is 228. The number of hydrogen-bond acceptors (Lipinski definition) is 28. The monoisotopic (exact) mass is 1230 g/mol. The number of sulfone groups is 1. The molecule has 0 saturated heterocycles. The second-order valence-electron chi connectivity index (χ2n) is 15.2. The summed E-state index contributed by atoms with van der Waals surface area (Å²) in [6.07, 6.45) is 0. The Balaban J connectivity index is 1.30. The maximum atomic E-state index is 12.8. The predicted molar refractivity (Wildman–Crippen MR) is 273 cm³/mol. The number of azo groups is 2. The summed E-state index contributed by atoms with van der Waals surface area (Å²) >= 11 is 6.13. The van der Waals surface area contributed by atoms with E-state index in [2.05, 4.69) is 50.2 Å². The molecule has 0 aliphatic rings. The fourth-order valence-electron chi connectivity index (χ4n) is 6.95. The van der Waals surface area contributed by atoms with Crippen molar-refractivity contribution < 1.29 is 96.9 Å². The second kappa shape index (κ2) is 21.1. The molecule has 0 amide bonds. The number of aromatic nitrogens is 3. The summed E-state index contributed by atoms with van der Waals surface area (Å²) in [7, 11) is -34.8. The highest BCUT2D eigenvalue weighted by Crippen LogP contribution is 2.57. The number of phenolic OH excluding ortho intramolecular Hbond substituents is 1. The summed E-state index contributed by atoms with van der Waals surface area (Å²) in [6.45, 7) is -0.910. The largest absolute Gasteiger partial charge is 0.505 e. The van der Waals surface area contributed by atoms with Crippen LogP contribution in [-0.2, 0) is 54.8 Å². The number of aromatic hydroxyl groups is 1. The number of benzene rings is 6. The minimum absolute atomic E-state index is 0.0441. The SMILES string of the molecule is Nc1c(N=Nc2cc(Nc3nc(Cl)nc(Nc4cccc(S(=O)(=O)CCOS(=O)(=O)O)c4)n3)ccc2S(O)(O)O)c(S(=O)(=O)O)cc2cc(S(O)(O)O)c(N=Nc3ccc4c(S(=O)(=O)O)cccc4c3S(=O)(=O)O)c(O)c12. The minimum Gasteiger partial charge on any atom is -0.505 e. The fraction of sp³-hybridized carbons (Fsp3) is 0.0541. The first-order valence-electron chi connectivity index (χ1n) is 19.9. The van der Waals surface area contributed by atoms with Crippen LogP contribution in [0.1, 0.15) is 0 Å². The third-order valence-electron chi connectivity index (χ3n) is 10.0. The maximum Gasteiger partial charge on any atom is 0.397 e. The van der Waals surface area contributed by atoms with Gasteiger partial charge in [0.1, 0.15) is 59.2 Å². The Kier molecular flexibility index (Phi) is 15.9. The Bertz CT molecular complexity index is 4240. The first-order valence-corrected chi connectivity index (χ1v) is 30.6. The average molecular weight is 1230 g/mol. The molecule has 7 rings (SSSR count). The van der Waals surface area contributed by atoms with Crippen LogP contribution in [0.4, 0.5) is 51.7 Å². The molecule has 0 aliphatic carbocycles. The van der Waals surface area contributed by atoms with Crippen LogP contribution in [0, 0.1) is 0 Å². The number of nitrogens with one attached hydrogen (secondary N) is 2. The molecule has 7 aromatic rings. The molecule has 0 saturated carbocycles. The van der Waals surface area contributed by atoms with E-state index in [1.54, 1.807) is 0 Å². The number of fused-ring (bicyclic) bond motifs is 2. The van der Waals surface area contributed by atoms with Crippen molar-refractivity contribution in [3.63, 3.8) is 0 Å². The van der Waals surface area contributed by atoms with E-state index in [-0.39, 0.29) is 28.2 Å². The molecule has 1 aromatic heterocycles. The lowest BCUT2D eigenvalue weighted by molar-refractivity contribution is 0.283. The zero-order valence-corrected chi connectivity index (χ0v) is 43.8. The number of nitrogens with two attached hydrogens (primary N) is 1. The smallest absolute Gasteiger partial charge is 0.397 e. The molecule has 0 fully saturated rings. The second-order valence-corrected chi connectivity index (χ2v) is 25.8. The van der Waals surface area contributed by atoms with Crippen LogP contribution in [-0.4, -0.2) is 120 Å². The van der Waals surface area contributed by atoms with Crippen LogP contribution < -0.4 is 16.4 Å². The number of phenols is 1. The summed E-state index contributed by atoms with van der Waals surface area (Å²) in [5.41, 5.74) is 1.59. The topological polar surface area (TPSA) is 541 Å². The molecule has 40 heteroatoms. The van der Waals surface area contributed by atoms with Gasteiger partial charge in [-0.05, 0) is 77.7 Å². The van der Waals surface area contributed by atoms with Crippen LogP contribution in [0.2, 0.25) is 5.28 Å². The summed E-state index contributed by atoms with van der Waals surface area (Å²) in [4.78, 5) is 6.53. The first-order chi connectivity index (χ1) is 35.4. The molecule has 32 nitrogen and oxygen atoms in total. The quantitative estimate of drug-likeness (QED) is 0.0220. The van der Waals surface area contributed by atoms with Gasteiger partial charge in [-0.3, -0.25) is 18.2 Å². The molecule has 6 aromatic carbocycles. The van der Waals surface area contributed by atoms with E-state index in [4.69, 9.17) is 21.9 Å². The average Bonchev–Trinajstić information content (AvgIpc) is 3.28. The molecule has 0 atom stereocenters. The highest BCUT2D eigenvalue weighted by atomic mass is 35.5. The van der Waals surface area contributed by atoms with E-state index in [1.807, 2.05) is 0 Å². The summed E-state index contributed by atoms with van der Waals surface area (Å²) in [5, 5.41) is 29.1. The van der Waals surface area contributed by atoms with E-state index in [0.717, 1.165) is 54.6 Å². The van der Waals surface area contributed by atoms with Crippen molar-refractivity contribution in [2.45, 2.75) is 29.4 Å². The molecule has 15 N–H and O–H groups in total. The number of anilines is 5. The number of hydrogen-bond donors (Lipinski definition) is 14. The zero-order valence-electron chi connectivity index (χ0n) is 37.4. The highest BCUT2D eigenvalue weighted by Gasteiger charge is 2.31. The van der Waals surface area contributed by atoms with Gasteiger partial charge in [-0.1, -0.05) is 24.3 Å². The zero-order chi connectivity index (χ0) is 57.0. The third kappa shape index (κ3) is 13.5. The van der Waals surface area contributed by atoms with Crippen LogP contribution in [0.5, 0.6) is 5.75 Å². The van der Waals surface area contributed by atoms with Crippen molar-refractivity contribution in [2.75, 3.05) is 28.7 Å². The Morgan fingerprint density at radius 3 is 1.71 bits per heavy atom. The lowest BCUT2D eigenvalue weighted by Gasteiger charge is -2.23. The van der Waals surface area contributed by atoms with Crippen molar-refractivity contribution in [3.05, 3.63) is 90.2 Å². The van der Waals surface area contributed by atoms with Gasteiger partial charge in [0.05, 0.1) is 38.1 Å². The predicted octanol–water partition coefficient (Wildman–Crippen LogP) is 7.94. The number of rotatable bonds is 18. The van der Waals surface area contributed by atoms with E-state index < -0.39 is 170 Å². The lowest BCUT2D eigenvalue weighted by atomic mass is 10.1. The molecule has 0 bridgehead atoms. The number of nitrogen functional groups attached to an aromatic ring is 1. The summed E-state index contributed by atoms with van der Waals surface area (Å²) in [5.74, 6) is -2.85. The normalized spacial score (nSPS) is 13.7. The molecule has 0 aliphatic heterocycles. The first kappa shape index (κ1) is 58.2. The molecule has 77 heavy (non-hydrogen) atoms. The van der Waals surface area contributed by atoms with Gasteiger partial charge in [0.2, 0.25) is 17.2 Å². The highest BCUT2D eigenvalue weighted by molar-refractivity contribution is 8.19. The maximum absolute atomic E-state index is 12.8. The van der Waals surface area contributed by atoms with E-state index >= 15 is 0 Å². The summed E-state index contributed by atoms with van der Waals surface area (Å²) in [6, 6.07) is 13.6. The van der Waals surface area contributed by atoms with Crippen molar-refractivity contribution in [1.29, 1.82) is 0 Å². The van der Waals surface area contributed by atoms with Gasteiger partial charge < -0.3 is 48.8 Å². The van der Waals surface area contributed by atoms with Gasteiger partial charge in [-0.25, -0.2) is 12.6 Å². The van der Waals surface area contributed by atoms with Gasteiger partial charge in [0.15, 0.2) is 15.6 Å². The fourth-order valence-corrected chi connectivity index (χ4v) is 12.2. The van der Waals surface area contributed by atoms with Crippen molar-refractivity contribution in [2.24, 2.45) is 20.5 Å². The lowest BCUT2D eigenvalue weighted by Crippen LogP contribution is -2.15. The van der Waals surface area contributed by atoms with Crippen molar-refractivity contribution in [1.82, 2.24) is 15.0 Å². The number of halogens is 1. The van der Waals surface area contributed by atoms with E-state index in [0.29, 0.717) is 12.1 Å². The molecule has 0 unspecified atom stereocenters. The van der Waals surface area contributed by atoms with Crippen LogP contribution in [0.3, 0.4) is 0 Å². The third-order valence-corrected chi connectivity index (χ3v) is 16.9. The Morgan fingerprint density at radius 2 is 1.13 bits per heavy atom.